The molecule has 0 N–H and O–H groups in total. The lowest BCUT2D eigenvalue weighted by atomic mass is 10.0. The molecule has 0 aliphatic carbocycles. The molecule has 0 amide bonds. The third-order valence-corrected chi connectivity index (χ3v) is 7.24. The number of rotatable bonds is 30. The van der Waals surface area contributed by atoms with Crippen LogP contribution in [0.2, 0.25) is 0 Å². The normalized spacial score (nSPS) is 11.5. The summed E-state index contributed by atoms with van der Waals surface area (Å²) in [6.07, 6.45) is 40.6. The van der Waals surface area contributed by atoms with Crippen LogP contribution in [0.5, 0.6) is 0 Å². The lowest BCUT2D eigenvalue weighted by molar-refractivity contribution is 0.130. The maximum atomic E-state index is 5.54. The highest BCUT2D eigenvalue weighted by Gasteiger charge is 1.96. The van der Waals surface area contributed by atoms with Crippen LogP contribution >= 0.6 is 0 Å². The summed E-state index contributed by atoms with van der Waals surface area (Å²) in [4.78, 5) is 0. The Morgan fingerprint density at radius 1 is 0.242 bits per heavy atom. The van der Waals surface area contributed by atoms with Gasteiger partial charge in [0, 0.05) is 13.2 Å². The highest BCUT2D eigenvalue weighted by atomic mass is 16.5. The van der Waals surface area contributed by atoms with Crippen molar-refractivity contribution in [1.82, 2.24) is 0 Å². The van der Waals surface area contributed by atoms with Crippen molar-refractivity contribution in [3.63, 3.8) is 0 Å². The fraction of sp³-hybridized carbons (Fsp3) is 1.00. The minimum atomic E-state index is 0.944. The van der Waals surface area contributed by atoms with Crippen LogP contribution in [-0.2, 0) is 4.74 Å². The average molecular weight is 467 g/mol. The molecular weight excluding hydrogens is 400 g/mol. The van der Waals surface area contributed by atoms with E-state index in [1.165, 1.54) is 173 Å². The van der Waals surface area contributed by atoms with E-state index < -0.39 is 0 Å². The van der Waals surface area contributed by atoms with Gasteiger partial charge < -0.3 is 4.74 Å². The summed E-state index contributed by atoms with van der Waals surface area (Å²) in [5, 5.41) is 0. The Balaban J connectivity index is 2.99. The van der Waals surface area contributed by atoms with Gasteiger partial charge in [0.05, 0.1) is 0 Å². The molecule has 0 rings (SSSR count). The van der Waals surface area contributed by atoms with Crippen LogP contribution in [0.15, 0.2) is 0 Å². The van der Waals surface area contributed by atoms with Gasteiger partial charge in [0.15, 0.2) is 0 Å². The topological polar surface area (TPSA) is 9.23 Å². The average Bonchev–Trinajstić information content (AvgIpc) is 2.83. The van der Waals surface area contributed by atoms with Gasteiger partial charge in [-0.1, -0.05) is 181 Å². The summed E-state index contributed by atoms with van der Waals surface area (Å²) >= 11 is 0. The van der Waals surface area contributed by atoms with E-state index in [0.29, 0.717) is 0 Å². The Kier molecular flexibility index (Phi) is 31.9. The molecule has 1 heteroatoms. The van der Waals surface area contributed by atoms with Crippen molar-refractivity contribution in [2.24, 2.45) is 0 Å². The Morgan fingerprint density at radius 3 is 0.727 bits per heavy atom. The van der Waals surface area contributed by atoms with Crippen molar-refractivity contribution in [1.29, 1.82) is 0 Å². The van der Waals surface area contributed by atoms with Crippen LogP contribution in [0, 0.1) is 0 Å². The van der Waals surface area contributed by atoms with Crippen LogP contribution in [0.1, 0.15) is 194 Å². The summed E-state index contributed by atoms with van der Waals surface area (Å²) in [6, 6.07) is 0. The van der Waals surface area contributed by atoms with Gasteiger partial charge in [-0.15, -0.1) is 0 Å². The molecule has 0 aliphatic rings. The molecule has 0 unspecified atom stereocenters. The predicted molar refractivity (Wildman–Crippen MR) is 151 cm³/mol. The number of hydrogen-bond donors (Lipinski definition) is 0. The van der Waals surface area contributed by atoms with Gasteiger partial charge in [0.2, 0.25) is 0 Å². The van der Waals surface area contributed by atoms with Gasteiger partial charge in [-0.25, -0.2) is 0 Å². The van der Waals surface area contributed by atoms with Crippen molar-refractivity contribution in [2.75, 3.05) is 13.2 Å². The highest BCUT2D eigenvalue weighted by molar-refractivity contribution is 4.52. The lowest BCUT2D eigenvalue weighted by Gasteiger charge is -2.05. The lowest BCUT2D eigenvalue weighted by Crippen LogP contribution is -1.95. The Morgan fingerprint density at radius 2 is 0.485 bits per heavy atom. The third kappa shape index (κ3) is 32.0. The molecule has 0 aromatic carbocycles. The summed E-state index contributed by atoms with van der Waals surface area (Å²) in [5.41, 5.74) is 0. The Bertz CT molecular complexity index is 284. The second-order valence-electron chi connectivity index (χ2n) is 10.8. The van der Waals surface area contributed by atoms with E-state index in [0.717, 1.165) is 19.6 Å². The number of unbranched alkanes of at least 4 members (excludes halogenated alkanes) is 26. The second-order valence-corrected chi connectivity index (χ2v) is 10.8. The molecule has 0 spiro atoms. The third-order valence-electron chi connectivity index (χ3n) is 7.24. The summed E-state index contributed by atoms with van der Waals surface area (Å²) < 4.78 is 5.54. The first-order chi connectivity index (χ1) is 16.4. The van der Waals surface area contributed by atoms with E-state index in [1.807, 2.05) is 0 Å². The Hall–Kier alpha value is -0.0400. The molecule has 1 nitrogen and oxygen atoms in total. The molecule has 0 fully saturated rings. The van der Waals surface area contributed by atoms with Crippen molar-refractivity contribution < 1.29 is 4.74 Å². The molecule has 0 saturated heterocycles. The predicted octanol–water partition coefficient (Wildman–Crippen LogP) is 12.0. The highest BCUT2D eigenvalue weighted by Crippen LogP contribution is 2.16. The molecule has 0 aliphatic heterocycles. The molecule has 0 atom stereocenters. The van der Waals surface area contributed by atoms with E-state index in [4.69, 9.17) is 4.74 Å². The second kappa shape index (κ2) is 32.0. The monoisotopic (exact) mass is 467 g/mol. The van der Waals surface area contributed by atoms with Gasteiger partial charge in [-0.05, 0) is 12.8 Å². The summed E-state index contributed by atoms with van der Waals surface area (Å²) in [6.45, 7) is 6.41. The summed E-state index contributed by atoms with van der Waals surface area (Å²) in [7, 11) is 0. The molecule has 0 radical (unpaired) electrons. The molecule has 0 heterocycles. The van der Waals surface area contributed by atoms with Gasteiger partial charge in [-0.2, -0.15) is 0 Å². The fourth-order valence-electron chi connectivity index (χ4n) is 4.94. The SMILES string of the molecule is CCCCCCCCCCCCCCCCCCCCCCCCCCCCCOCCC. The van der Waals surface area contributed by atoms with Crippen molar-refractivity contribution in [2.45, 2.75) is 194 Å². The summed E-state index contributed by atoms with van der Waals surface area (Å²) in [5.74, 6) is 0. The molecule has 0 bridgehead atoms. The van der Waals surface area contributed by atoms with Crippen molar-refractivity contribution in [3.8, 4) is 0 Å². The molecule has 200 valence electrons. The van der Waals surface area contributed by atoms with E-state index in [2.05, 4.69) is 13.8 Å². The maximum Gasteiger partial charge on any atom is 0.0466 e. The Labute approximate surface area is 211 Å². The minimum Gasteiger partial charge on any atom is -0.381 e. The maximum absolute atomic E-state index is 5.54. The first-order valence-corrected chi connectivity index (χ1v) is 16.0. The van der Waals surface area contributed by atoms with Crippen molar-refractivity contribution in [3.05, 3.63) is 0 Å². The van der Waals surface area contributed by atoms with E-state index in [9.17, 15) is 0 Å². The van der Waals surface area contributed by atoms with Gasteiger partial charge in [0.1, 0.15) is 0 Å². The molecule has 0 aromatic rings. The molecule has 0 aromatic heterocycles. The first-order valence-electron chi connectivity index (χ1n) is 16.0. The van der Waals surface area contributed by atoms with E-state index in [-0.39, 0.29) is 0 Å². The van der Waals surface area contributed by atoms with Crippen LogP contribution in [-0.4, -0.2) is 13.2 Å². The van der Waals surface area contributed by atoms with Crippen LogP contribution in [0.4, 0.5) is 0 Å². The molecule has 33 heavy (non-hydrogen) atoms. The van der Waals surface area contributed by atoms with Gasteiger partial charge >= 0.3 is 0 Å². The zero-order valence-corrected chi connectivity index (χ0v) is 23.6. The first kappa shape index (κ1) is 33.0. The van der Waals surface area contributed by atoms with E-state index in [1.54, 1.807) is 0 Å². The minimum absolute atomic E-state index is 0.944. The zero-order chi connectivity index (χ0) is 23.9. The smallest absolute Gasteiger partial charge is 0.0466 e. The molecule has 0 saturated carbocycles. The van der Waals surface area contributed by atoms with Crippen LogP contribution in [0.3, 0.4) is 0 Å². The van der Waals surface area contributed by atoms with E-state index >= 15 is 0 Å². The molecular formula is C32H66O. The number of ether oxygens (including phenoxy) is 1. The van der Waals surface area contributed by atoms with Gasteiger partial charge in [0.25, 0.3) is 0 Å². The van der Waals surface area contributed by atoms with Crippen LogP contribution in [0.25, 0.3) is 0 Å². The fourth-order valence-corrected chi connectivity index (χ4v) is 4.94. The standard InChI is InChI=1S/C32H66O/c1-3-5-6-7-8-9-10-11-12-13-14-15-16-17-18-19-20-21-22-23-24-25-26-27-28-29-30-32-33-31-4-2/h3-32H2,1-2H3. The zero-order valence-electron chi connectivity index (χ0n) is 23.6. The largest absolute Gasteiger partial charge is 0.381 e. The quantitative estimate of drug-likeness (QED) is 0.0956. The number of hydrogen-bond acceptors (Lipinski definition) is 1. The van der Waals surface area contributed by atoms with Crippen LogP contribution < -0.4 is 0 Å². The van der Waals surface area contributed by atoms with Crippen molar-refractivity contribution >= 4 is 0 Å². The van der Waals surface area contributed by atoms with Gasteiger partial charge in [-0.3, -0.25) is 0 Å².